The highest BCUT2D eigenvalue weighted by Crippen LogP contribution is 2.21. The number of H-pyrrole nitrogens is 1. The van der Waals surface area contributed by atoms with Gasteiger partial charge in [0.15, 0.2) is 11.6 Å². The van der Waals surface area contributed by atoms with Crippen LogP contribution in [0.1, 0.15) is 50.4 Å². The van der Waals surface area contributed by atoms with Crippen LogP contribution in [0.3, 0.4) is 0 Å². The molecule has 0 aliphatic carbocycles. The predicted molar refractivity (Wildman–Crippen MR) is 79.6 cm³/mol. The number of nitriles is 2. The van der Waals surface area contributed by atoms with Crippen LogP contribution in [0, 0.1) is 28.6 Å². The molecule has 1 fully saturated rings. The Labute approximate surface area is 130 Å². The second kappa shape index (κ2) is 7.88. The number of hydrogen-bond acceptors (Lipinski definition) is 6. The Hall–Kier alpha value is -1.96. The molecule has 1 N–H and O–H groups in total. The van der Waals surface area contributed by atoms with E-state index >= 15 is 0 Å². The van der Waals surface area contributed by atoms with Gasteiger partial charge in [-0.3, -0.25) is 10.00 Å². The molecule has 1 saturated heterocycles. The zero-order valence-electron chi connectivity index (χ0n) is 13.1. The lowest BCUT2D eigenvalue weighted by molar-refractivity contribution is -0.0369. The largest absolute Gasteiger partial charge is 0.368 e. The molecule has 1 aromatic rings. The molecule has 2 rings (SSSR count). The third-order valence-electron chi connectivity index (χ3n) is 3.76. The Morgan fingerprint density at radius 2 is 2.27 bits per heavy atom. The predicted octanol–water partition coefficient (Wildman–Crippen LogP) is 1.74. The molecule has 118 valence electrons. The smallest absolute Gasteiger partial charge is 0.155 e. The average molecular weight is 302 g/mol. The number of aromatic nitrogens is 3. The van der Waals surface area contributed by atoms with Crippen molar-refractivity contribution in [3.05, 3.63) is 11.6 Å². The highest BCUT2D eigenvalue weighted by Gasteiger charge is 2.26. The van der Waals surface area contributed by atoms with Crippen molar-refractivity contribution in [1.29, 1.82) is 10.5 Å². The number of aromatic amines is 1. The highest BCUT2D eigenvalue weighted by molar-refractivity contribution is 5.00. The summed E-state index contributed by atoms with van der Waals surface area (Å²) in [7, 11) is 0. The van der Waals surface area contributed by atoms with Crippen LogP contribution in [0.4, 0.5) is 0 Å². The van der Waals surface area contributed by atoms with E-state index in [9.17, 15) is 5.26 Å². The van der Waals surface area contributed by atoms with Crippen molar-refractivity contribution in [2.75, 3.05) is 26.2 Å². The first-order chi connectivity index (χ1) is 10.6. The van der Waals surface area contributed by atoms with E-state index in [4.69, 9.17) is 10.00 Å². The van der Waals surface area contributed by atoms with E-state index in [0.717, 1.165) is 18.2 Å². The maximum atomic E-state index is 9.18. The standard InChI is InChI=1S/C15H22N6O/c1-11(2)14-18-15(20-19-14)13-10-21(6-7-22-13)9-12(8-17)4-3-5-16/h11-13H,3-4,6-7,9-10H2,1-2H3,(H,18,19,20). The molecule has 0 saturated carbocycles. The molecule has 1 aliphatic heterocycles. The molecule has 2 unspecified atom stereocenters. The van der Waals surface area contributed by atoms with Gasteiger partial charge in [0, 0.05) is 32.0 Å². The number of rotatable bonds is 6. The van der Waals surface area contributed by atoms with Gasteiger partial charge in [-0.2, -0.15) is 15.6 Å². The number of hydrogen-bond donors (Lipinski definition) is 1. The van der Waals surface area contributed by atoms with Gasteiger partial charge in [-0.15, -0.1) is 0 Å². The topological polar surface area (TPSA) is 102 Å². The molecule has 0 aromatic carbocycles. The lowest BCUT2D eigenvalue weighted by Gasteiger charge is -2.32. The molecule has 22 heavy (non-hydrogen) atoms. The van der Waals surface area contributed by atoms with Gasteiger partial charge in [-0.25, -0.2) is 4.98 Å². The summed E-state index contributed by atoms with van der Waals surface area (Å²) < 4.78 is 5.77. The Balaban J connectivity index is 1.93. The number of morpholine rings is 1. The summed E-state index contributed by atoms with van der Waals surface area (Å²) >= 11 is 0. The van der Waals surface area contributed by atoms with E-state index in [1.165, 1.54) is 0 Å². The summed E-state index contributed by atoms with van der Waals surface area (Å²) in [5, 5.41) is 25.0. The van der Waals surface area contributed by atoms with Crippen LogP contribution in [0.2, 0.25) is 0 Å². The SMILES string of the molecule is CC(C)c1n[nH]c(C2CN(CC(C#N)CCC#N)CCO2)n1. The Morgan fingerprint density at radius 1 is 1.45 bits per heavy atom. The van der Waals surface area contributed by atoms with E-state index in [1.807, 2.05) is 13.8 Å². The van der Waals surface area contributed by atoms with Crippen molar-refractivity contribution >= 4 is 0 Å². The minimum Gasteiger partial charge on any atom is -0.368 e. The summed E-state index contributed by atoms with van der Waals surface area (Å²) in [5.74, 6) is 1.71. The molecule has 0 radical (unpaired) electrons. The van der Waals surface area contributed by atoms with E-state index in [1.54, 1.807) is 0 Å². The molecule has 0 bridgehead atoms. The van der Waals surface area contributed by atoms with Gasteiger partial charge >= 0.3 is 0 Å². The molecule has 1 aliphatic rings. The highest BCUT2D eigenvalue weighted by atomic mass is 16.5. The van der Waals surface area contributed by atoms with Gasteiger partial charge in [-0.1, -0.05) is 13.8 Å². The summed E-state index contributed by atoms with van der Waals surface area (Å²) in [6, 6.07) is 4.39. The average Bonchev–Trinajstić information content (AvgIpc) is 3.02. The van der Waals surface area contributed by atoms with E-state index in [2.05, 4.69) is 32.2 Å². The molecule has 2 heterocycles. The minimum absolute atomic E-state index is 0.112. The fraction of sp³-hybridized carbons (Fsp3) is 0.733. The lowest BCUT2D eigenvalue weighted by Crippen LogP contribution is -2.41. The van der Waals surface area contributed by atoms with Crippen molar-refractivity contribution in [1.82, 2.24) is 20.1 Å². The molecule has 7 nitrogen and oxygen atoms in total. The summed E-state index contributed by atoms with van der Waals surface area (Å²) in [5.41, 5.74) is 0. The van der Waals surface area contributed by atoms with Gasteiger partial charge in [0.2, 0.25) is 0 Å². The van der Waals surface area contributed by atoms with Crippen LogP contribution >= 0.6 is 0 Å². The third kappa shape index (κ3) is 4.27. The zero-order chi connectivity index (χ0) is 15.9. The molecular formula is C15H22N6O. The normalized spacial score (nSPS) is 20.5. The first-order valence-corrected chi connectivity index (χ1v) is 7.66. The zero-order valence-corrected chi connectivity index (χ0v) is 13.1. The van der Waals surface area contributed by atoms with Gasteiger partial charge in [0.1, 0.15) is 6.10 Å². The second-order valence-electron chi connectivity index (χ2n) is 5.88. The summed E-state index contributed by atoms with van der Waals surface area (Å²) in [4.78, 5) is 6.70. The van der Waals surface area contributed by atoms with Gasteiger partial charge in [-0.05, 0) is 6.42 Å². The summed E-state index contributed by atoms with van der Waals surface area (Å²) in [6.45, 7) is 6.87. The quantitative estimate of drug-likeness (QED) is 0.859. The van der Waals surface area contributed by atoms with Crippen LogP contribution in [-0.4, -0.2) is 46.3 Å². The molecule has 0 amide bonds. The van der Waals surface area contributed by atoms with Crippen LogP contribution in [0.5, 0.6) is 0 Å². The Morgan fingerprint density at radius 3 is 2.91 bits per heavy atom. The van der Waals surface area contributed by atoms with Crippen LogP contribution in [-0.2, 0) is 4.74 Å². The fourth-order valence-electron chi connectivity index (χ4n) is 2.47. The second-order valence-corrected chi connectivity index (χ2v) is 5.88. The molecule has 7 heteroatoms. The third-order valence-corrected chi connectivity index (χ3v) is 3.76. The van der Waals surface area contributed by atoms with Crippen molar-refractivity contribution in [3.63, 3.8) is 0 Å². The number of ether oxygens (including phenoxy) is 1. The molecule has 1 aromatic heterocycles. The first kappa shape index (κ1) is 16.4. The van der Waals surface area contributed by atoms with Crippen LogP contribution in [0.25, 0.3) is 0 Å². The van der Waals surface area contributed by atoms with Crippen molar-refractivity contribution in [2.24, 2.45) is 5.92 Å². The molecule has 0 spiro atoms. The molecule has 2 atom stereocenters. The van der Waals surface area contributed by atoms with Gasteiger partial charge in [0.05, 0.1) is 24.7 Å². The Bertz CT molecular complexity index is 555. The minimum atomic E-state index is -0.135. The first-order valence-electron chi connectivity index (χ1n) is 7.66. The number of nitrogens with one attached hydrogen (secondary N) is 1. The fourth-order valence-corrected chi connectivity index (χ4v) is 2.47. The van der Waals surface area contributed by atoms with E-state index in [0.29, 0.717) is 32.5 Å². The monoisotopic (exact) mass is 302 g/mol. The van der Waals surface area contributed by atoms with E-state index < -0.39 is 0 Å². The lowest BCUT2D eigenvalue weighted by atomic mass is 10.0. The van der Waals surface area contributed by atoms with Crippen molar-refractivity contribution in [2.45, 2.75) is 38.7 Å². The molecular weight excluding hydrogens is 280 g/mol. The van der Waals surface area contributed by atoms with E-state index in [-0.39, 0.29) is 17.9 Å². The van der Waals surface area contributed by atoms with Gasteiger partial charge in [0.25, 0.3) is 0 Å². The van der Waals surface area contributed by atoms with Gasteiger partial charge < -0.3 is 4.74 Å². The Kier molecular flexibility index (Phi) is 5.88. The number of nitrogens with zero attached hydrogens (tertiary/aromatic N) is 5. The van der Waals surface area contributed by atoms with Crippen molar-refractivity contribution < 1.29 is 4.74 Å². The maximum absolute atomic E-state index is 9.18. The summed E-state index contributed by atoms with van der Waals surface area (Å²) in [6.07, 6.45) is 0.907. The maximum Gasteiger partial charge on any atom is 0.155 e. The van der Waals surface area contributed by atoms with Crippen LogP contribution in [0.15, 0.2) is 0 Å². The van der Waals surface area contributed by atoms with Crippen LogP contribution < -0.4 is 0 Å². The van der Waals surface area contributed by atoms with Crippen molar-refractivity contribution in [3.8, 4) is 12.1 Å².